The maximum absolute atomic E-state index is 12.8. The summed E-state index contributed by atoms with van der Waals surface area (Å²) in [7, 11) is 0. The Morgan fingerprint density at radius 2 is 1.94 bits per heavy atom. The third kappa shape index (κ3) is 4.15. The van der Waals surface area contributed by atoms with Gasteiger partial charge in [-0.05, 0) is 44.5 Å². The van der Waals surface area contributed by atoms with Gasteiger partial charge < -0.3 is 11.1 Å². The van der Waals surface area contributed by atoms with E-state index in [1.54, 1.807) is 12.1 Å². The standard InChI is InChI=1S/C13H19FN2O/c1-13(2,16-12(17)4-3-9-15)10-5-7-11(14)8-6-10/h5-8H,3-4,9,15H2,1-2H3,(H,16,17). The number of hydrogen-bond acceptors (Lipinski definition) is 2. The highest BCUT2D eigenvalue weighted by atomic mass is 19.1. The Morgan fingerprint density at radius 3 is 2.47 bits per heavy atom. The zero-order valence-corrected chi connectivity index (χ0v) is 10.3. The second-order valence-corrected chi connectivity index (χ2v) is 4.57. The molecule has 0 aromatic heterocycles. The number of amides is 1. The summed E-state index contributed by atoms with van der Waals surface area (Å²) in [6.07, 6.45) is 1.09. The van der Waals surface area contributed by atoms with Crippen LogP contribution in [0.2, 0.25) is 0 Å². The minimum Gasteiger partial charge on any atom is -0.347 e. The largest absolute Gasteiger partial charge is 0.347 e. The normalized spacial score (nSPS) is 11.3. The SMILES string of the molecule is CC(C)(NC(=O)CCCN)c1ccc(F)cc1. The van der Waals surface area contributed by atoms with Crippen LogP contribution in [0.3, 0.4) is 0 Å². The zero-order chi connectivity index (χ0) is 12.9. The molecule has 3 nitrogen and oxygen atoms in total. The highest BCUT2D eigenvalue weighted by Crippen LogP contribution is 2.20. The molecule has 0 spiro atoms. The van der Waals surface area contributed by atoms with Gasteiger partial charge in [-0.3, -0.25) is 4.79 Å². The molecule has 17 heavy (non-hydrogen) atoms. The monoisotopic (exact) mass is 238 g/mol. The van der Waals surface area contributed by atoms with Crippen LogP contribution in [0.4, 0.5) is 4.39 Å². The number of hydrogen-bond donors (Lipinski definition) is 2. The minimum atomic E-state index is -0.501. The van der Waals surface area contributed by atoms with Crippen molar-refractivity contribution in [2.75, 3.05) is 6.54 Å². The van der Waals surface area contributed by atoms with Gasteiger partial charge in [-0.15, -0.1) is 0 Å². The second-order valence-electron chi connectivity index (χ2n) is 4.57. The van der Waals surface area contributed by atoms with Crippen LogP contribution < -0.4 is 11.1 Å². The molecule has 0 unspecified atom stereocenters. The van der Waals surface area contributed by atoms with Crippen molar-refractivity contribution in [2.45, 2.75) is 32.2 Å². The molecule has 0 radical (unpaired) electrons. The Balaban J connectivity index is 2.67. The minimum absolute atomic E-state index is 0.0372. The predicted octanol–water partition coefficient (Wildman–Crippen LogP) is 1.92. The topological polar surface area (TPSA) is 55.1 Å². The van der Waals surface area contributed by atoms with Gasteiger partial charge in [0.05, 0.1) is 5.54 Å². The van der Waals surface area contributed by atoms with Crippen LogP contribution in [0.5, 0.6) is 0 Å². The van der Waals surface area contributed by atoms with Crippen molar-refractivity contribution in [3.05, 3.63) is 35.6 Å². The van der Waals surface area contributed by atoms with Crippen LogP contribution in [-0.2, 0) is 10.3 Å². The average Bonchev–Trinajstić information content (AvgIpc) is 2.26. The number of rotatable bonds is 5. The smallest absolute Gasteiger partial charge is 0.220 e. The molecule has 0 saturated carbocycles. The summed E-state index contributed by atoms with van der Waals surface area (Å²) in [5, 5.41) is 2.91. The second kappa shape index (κ2) is 5.77. The van der Waals surface area contributed by atoms with E-state index in [0.29, 0.717) is 19.4 Å². The first-order valence-electron chi connectivity index (χ1n) is 5.73. The van der Waals surface area contributed by atoms with E-state index < -0.39 is 5.54 Å². The lowest BCUT2D eigenvalue weighted by Gasteiger charge is -2.27. The number of nitrogens with two attached hydrogens (primary N) is 1. The number of carbonyl (C=O) groups is 1. The first kappa shape index (κ1) is 13.6. The molecule has 0 heterocycles. The van der Waals surface area contributed by atoms with E-state index in [4.69, 9.17) is 5.73 Å². The summed E-state index contributed by atoms with van der Waals surface area (Å²) in [5.41, 5.74) is 5.72. The van der Waals surface area contributed by atoms with Crippen molar-refractivity contribution in [3.8, 4) is 0 Å². The molecule has 4 heteroatoms. The Morgan fingerprint density at radius 1 is 1.35 bits per heavy atom. The Labute approximate surface area is 101 Å². The third-order valence-corrected chi connectivity index (χ3v) is 2.63. The van der Waals surface area contributed by atoms with Gasteiger partial charge in [-0.2, -0.15) is 0 Å². The van der Waals surface area contributed by atoms with Gasteiger partial charge in [0.25, 0.3) is 0 Å². The quantitative estimate of drug-likeness (QED) is 0.823. The van der Waals surface area contributed by atoms with Crippen molar-refractivity contribution >= 4 is 5.91 Å². The van der Waals surface area contributed by atoms with Crippen LogP contribution in [0, 0.1) is 5.82 Å². The molecule has 3 N–H and O–H groups in total. The molecule has 0 fully saturated rings. The first-order valence-corrected chi connectivity index (χ1v) is 5.73. The summed E-state index contributed by atoms with van der Waals surface area (Å²) >= 11 is 0. The Kier molecular flexibility index (Phi) is 4.63. The van der Waals surface area contributed by atoms with Crippen molar-refractivity contribution in [1.29, 1.82) is 0 Å². The fourth-order valence-electron chi connectivity index (χ4n) is 1.61. The van der Waals surface area contributed by atoms with Crippen LogP contribution in [-0.4, -0.2) is 12.5 Å². The fraction of sp³-hybridized carbons (Fsp3) is 0.462. The van der Waals surface area contributed by atoms with E-state index in [-0.39, 0.29) is 11.7 Å². The van der Waals surface area contributed by atoms with E-state index in [1.165, 1.54) is 12.1 Å². The number of halogens is 1. The predicted molar refractivity (Wildman–Crippen MR) is 65.9 cm³/mol. The molecule has 1 rings (SSSR count). The maximum atomic E-state index is 12.8. The molecular formula is C13H19FN2O. The van der Waals surface area contributed by atoms with Crippen LogP contribution in [0.25, 0.3) is 0 Å². The molecule has 0 aliphatic heterocycles. The fourth-order valence-corrected chi connectivity index (χ4v) is 1.61. The molecule has 1 aromatic rings. The van der Waals surface area contributed by atoms with Crippen molar-refractivity contribution < 1.29 is 9.18 Å². The number of benzene rings is 1. The average molecular weight is 238 g/mol. The van der Waals surface area contributed by atoms with Crippen LogP contribution in [0.1, 0.15) is 32.3 Å². The van der Waals surface area contributed by atoms with Gasteiger partial charge in [0.2, 0.25) is 5.91 Å². The van der Waals surface area contributed by atoms with E-state index in [2.05, 4.69) is 5.32 Å². The van der Waals surface area contributed by atoms with Crippen LogP contribution in [0.15, 0.2) is 24.3 Å². The lowest BCUT2D eigenvalue weighted by atomic mass is 9.94. The lowest BCUT2D eigenvalue weighted by Crippen LogP contribution is -2.41. The lowest BCUT2D eigenvalue weighted by molar-refractivity contribution is -0.122. The molecule has 1 aromatic carbocycles. The molecule has 0 saturated heterocycles. The van der Waals surface area contributed by atoms with Gasteiger partial charge in [-0.25, -0.2) is 4.39 Å². The summed E-state index contributed by atoms with van der Waals surface area (Å²) in [6, 6.07) is 6.14. The highest BCUT2D eigenvalue weighted by molar-refractivity contribution is 5.76. The van der Waals surface area contributed by atoms with E-state index >= 15 is 0 Å². The summed E-state index contributed by atoms with van der Waals surface area (Å²) in [4.78, 5) is 11.6. The molecule has 0 aliphatic carbocycles. The van der Waals surface area contributed by atoms with E-state index in [9.17, 15) is 9.18 Å². The number of nitrogens with one attached hydrogen (secondary N) is 1. The number of carbonyl (C=O) groups excluding carboxylic acids is 1. The van der Waals surface area contributed by atoms with Gasteiger partial charge in [-0.1, -0.05) is 12.1 Å². The molecule has 1 amide bonds. The maximum Gasteiger partial charge on any atom is 0.220 e. The highest BCUT2D eigenvalue weighted by Gasteiger charge is 2.22. The zero-order valence-electron chi connectivity index (χ0n) is 10.3. The van der Waals surface area contributed by atoms with Gasteiger partial charge in [0, 0.05) is 6.42 Å². The van der Waals surface area contributed by atoms with Gasteiger partial charge in [0.1, 0.15) is 5.82 Å². The Bertz CT molecular complexity index is 374. The molecule has 0 atom stereocenters. The van der Waals surface area contributed by atoms with E-state index in [0.717, 1.165) is 5.56 Å². The first-order chi connectivity index (χ1) is 7.95. The molecule has 94 valence electrons. The Hall–Kier alpha value is -1.42. The van der Waals surface area contributed by atoms with Gasteiger partial charge >= 0.3 is 0 Å². The summed E-state index contributed by atoms with van der Waals surface area (Å²) in [5.74, 6) is -0.316. The summed E-state index contributed by atoms with van der Waals surface area (Å²) < 4.78 is 12.8. The van der Waals surface area contributed by atoms with Crippen LogP contribution >= 0.6 is 0 Å². The van der Waals surface area contributed by atoms with Crippen molar-refractivity contribution in [1.82, 2.24) is 5.32 Å². The molecule has 0 bridgehead atoms. The molecule has 0 aliphatic rings. The molecular weight excluding hydrogens is 219 g/mol. The third-order valence-electron chi connectivity index (χ3n) is 2.63. The summed E-state index contributed by atoms with van der Waals surface area (Å²) in [6.45, 7) is 4.28. The van der Waals surface area contributed by atoms with Crippen molar-refractivity contribution in [2.24, 2.45) is 5.73 Å². The van der Waals surface area contributed by atoms with E-state index in [1.807, 2.05) is 13.8 Å². The van der Waals surface area contributed by atoms with Crippen molar-refractivity contribution in [3.63, 3.8) is 0 Å². The van der Waals surface area contributed by atoms with Gasteiger partial charge in [0.15, 0.2) is 0 Å².